The minimum absolute atomic E-state index is 0.133. The van der Waals surface area contributed by atoms with E-state index in [1.165, 1.54) is 19.2 Å². The summed E-state index contributed by atoms with van der Waals surface area (Å²) in [6.07, 6.45) is 0. The molecule has 3 aromatic carbocycles. The zero-order valence-electron chi connectivity index (χ0n) is 14.1. The summed E-state index contributed by atoms with van der Waals surface area (Å²) in [5.74, 6) is 0.289. The Kier molecular flexibility index (Phi) is 4.72. The fourth-order valence-electron chi connectivity index (χ4n) is 2.90. The highest BCUT2D eigenvalue weighted by Gasteiger charge is 2.34. The van der Waals surface area contributed by atoms with Crippen molar-refractivity contribution in [1.82, 2.24) is 0 Å². The van der Waals surface area contributed by atoms with Gasteiger partial charge in [-0.25, -0.2) is 4.39 Å². The molecule has 3 rings (SSSR count). The Balaban J connectivity index is 2.20. The quantitative estimate of drug-likeness (QED) is 0.711. The lowest BCUT2D eigenvalue weighted by molar-refractivity contribution is 0.125. The van der Waals surface area contributed by atoms with Crippen LogP contribution in [0.25, 0.3) is 0 Å². The van der Waals surface area contributed by atoms with E-state index < -0.39 is 11.4 Å². The number of methoxy groups -OCH3 is 2. The minimum Gasteiger partial charge on any atom is -0.497 e. The van der Waals surface area contributed by atoms with Crippen molar-refractivity contribution in [1.29, 1.82) is 0 Å². The molecule has 0 spiro atoms. The molecule has 0 saturated carbocycles. The van der Waals surface area contributed by atoms with Gasteiger partial charge >= 0.3 is 0 Å². The monoisotopic (exact) mass is 338 g/mol. The topological polar surface area (TPSA) is 38.7 Å². The van der Waals surface area contributed by atoms with Gasteiger partial charge < -0.3 is 14.6 Å². The molecule has 4 heteroatoms. The molecule has 0 radical (unpaired) electrons. The number of aliphatic hydroxyl groups is 1. The first-order valence-electron chi connectivity index (χ1n) is 7.86. The smallest absolute Gasteiger partial charge is 0.165 e. The molecule has 128 valence electrons. The van der Waals surface area contributed by atoms with Gasteiger partial charge in [0.25, 0.3) is 0 Å². The molecule has 0 aliphatic rings. The first-order chi connectivity index (χ1) is 12.1. The van der Waals surface area contributed by atoms with Crippen LogP contribution in [0.15, 0.2) is 72.8 Å². The van der Waals surface area contributed by atoms with Gasteiger partial charge in [0.1, 0.15) is 11.4 Å². The van der Waals surface area contributed by atoms with E-state index in [1.807, 2.05) is 30.3 Å². The molecule has 0 aliphatic heterocycles. The summed E-state index contributed by atoms with van der Waals surface area (Å²) in [6.45, 7) is 0. The first kappa shape index (κ1) is 17.0. The van der Waals surface area contributed by atoms with E-state index in [0.29, 0.717) is 22.4 Å². The van der Waals surface area contributed by atoms with Crippen LogP contribution < -0.4 is 9.47 Å². The Morgan fingerprint density at radius 3 is 1.92 bits per heavy atom. The lowest BCUT2D eigenvalue weighted by Gasteiger charge is -2.30. The van der Waals surface area contributed by atoms with E-state index >= 15 is 0 Å². The van der Waals surface area contributed by atoms with Crippen molar-refractivity contribution in [3.8, 4) is 11.5 Å². The molecule has 25 heavy (non-hydrogen) atoms. The molecular weight excluding hydrogens is 319 g/mol. The van der Waals surface area contributed by atoms with Gasteiger partial charge in [-0.1, -0.05) is 48.5 Å². The standard InChI is InChI=1S/C21H19FO3/c1-24-18-11-8-16(9-12-18)21(23,15-6-4-3-5-7-15)17-10-13-20(25-2)19(22)14-17/h3-14,23H,1-2H3. The van der Waals surface area contributed by atoms with Crippen LogP contribution in [0.3, 0.4) is 0 Å². The molecule has 0 aromatic heterocycles. The number of ether oxygens (including phenoxy) is 2. The van der Waals surface area contributed by atoms with Crippen molar-refractivity contribution in [3.63, 3.8) is 0 Å². The number of hydrogen-bond acceptors (Lipinski definition) is 3. The van der Waals surface area contributed by atoms with Crippen molar-refractivity contribution in [3.05, 3.63) is 95.3 Å². The average Bonchev–Trinajstić information content (AvgIpc) is 2.68. The fourth-order valence-corrected chi connectivity index (χ4v) is 2.90. The van der Waals surface area contributed by atoms with Crippen LogP contribution in [0.2, 0.25) is 0 Å². The van der Waals surface area contributed by atoms with E-state index in [1.54, 1.807) is 37.4 Å². The summed E-state index contributed by atoms with van der Waals surface area (Å²) >= 11 is 0. The van der Waals surface area contributed by atoms with Crippen LogP contribution >= 0.6 is 0 Å². The van der Waals surface area contributed by atoms with Crippen LogP contribution in [0.1, 0.15) is 16.7 Å². The fraction of sp³-hybridized carbons (Fsp3) is 0.143. The lowest BCUT2D eigenvalue weighted by atomic mass is 9.80. The molecule has 3 nitrogen and oxygen atoms in total. The van der Waals surface area contributed by atoms with Crippen molar-refractivity contribution >= 4 is 0 Å². The molecule has 3 aromatic rings. The van der Waals surface area contributed by atoms with Crippen LogP contribution in [-0.2, 0) is 5.60 Å². The summed E-state index contributed by atoms with van der Waals surface area (Å²) in [7, 11) is 2.99. The van der Waals surface area contributed by atoms with Crippen LogP contribution in [-0.4, -0.2) is 19.3 Å². The molecule has 1 unspecified atom stereocenters. The Morgan fingerprint density at radius 1 is 0.760 bits per heavy atom. The third-order valence-electron chi connectivity index (χ3n) is 4.27. The predicted molar refractivity (Wildman–Crippen MR) is 94.5 cm³/mol. The predicted octanol–water partition coefficient (Wildman–Crippen LogP) is 4.13. The van der Waals surface area contributed by atoms with Crippen molar-refractivity contribution in [2.24, 2.45) is 0 Å². The normalized spacial score (nSPS) is 13.1. The highest BCUT2D eigenvalue weighted by molar-refractivity contribution is 5.49. The van der Waals surface area contributed by atoms with E-state index in [0.717, 1.165) is 0 Å². The van der Waals surface area contributed by atoms with Crippen LogP contribution in [0.5, 0.6) is 11.5 Å². The molecule has 1 N–H and O–H groups in total. The number of rotatable bonds is 5. The number of halogens is 1. The van der Waals surface area contributed by atoms with Gasteiger partial charge in [0.2, 0.25) is 0 Å². The van der Waals surface area contributed by atoms with E-state index in [9.17, 15) is 9.50 Å². The van der Waals surface area contributed by atoms with Crippen molar-refractivity contribution in [2.75, 3.05) is 14.2 Å². The van der Waals surface area contributed by atoms with Gasteiger partial charge in [-0.2, -0.15) is 0 Å². The van der Waals surface area contributed by atoms with Crippen molar-refractivity contribution < 1.29 is 19.0 Å². The lowest BCUT2D eigenvalue weighted by Crippen LogP contribution is -2.29. The van der Waals surface area contributed by atoms with Gasteiger partial charge in [-0.3, -0.25) is 0 Å². The molecule has 1 atom stereocenters. The Hall–Kier alpha value is -2.85. The zero-order valence-corrected chi connectivity index (χ0v) is 14.1. The Morgan fingerprint density at radius 2 is 1.36 bits per heavy atom. The maximum Gasteiger partial charge on any atom is 0.165 e. The summed E-state index contributed by atoms with van der Waals surface area (Å²) < 4.78 is 24.4. The van der Waals surface area contributed by atoms with Gasteiger partial charge in [-0.05, 0) is 41.0 Å². The zero-order chi connectivity index (χ0) is 17.9. The van der Waals surface area contributed by atoms with Gasteiger partial charge in [0.15, 0.2) is 11.6 Å². The third kappa shape index (κ3) is 3.08. The van der Waals surface area contributed by atoms with Gasteiger partial charge in [-0.15, -0.1) is 0 Å². The second-order valence-corrected chi connectivity index (χ2v) is 5.65. The van der Waals surface area contributed by atoms with Gasteiger partial charge in [0, 0.05) is 0 Å². The molecule has 0 saturated heterocycles. The summed E-state index contributed by atoms with van der Waals surface area (Å²) in [5.41, 5.74) is 0.177. The first-order valence-corrected chi connectivity index (χ1v) is 7.86. The molecule has 0 fully saturated rings. The molecular formula is C21H19FO3. The molecule has 0 heterocycles. The molecule has 0 amide bonds. The van der Waals surface area contributed by atoms with E-state index in [2.05, 4.69) is 0 Å². The number of hydrogen-bond donors (Lipinski definition) is 1. The van der Waals surface area contributed by atoms with E-state index in [-0.39, 0.29) is 5.75 Å². The Labute approximate surface area is 146 Å². The maximum absolute atomic E-state index is 14.3. The SMILES string of the molecule is COc1ccc(C(O)(c2ccccc2)c2ccc(OC)c(F)c2)cc1. The highest BCUT2D eigenvalue weighted by atomic mass is 19.1. The molecule has 0 bridgehead atoms. The van der Waals surface area contributed by atoms with Crippen molar-refractivity contribution in [2.45, 2.75) is 5.60 Å². The van der Waals surface area contributed by atoms with Gasteiger partial charge in [0.05, 0.1) is 14.2 Å². The minimum atomic E-state index is -1.50. The summed E-state index contributed by atoms with van der Waals surface area (Å²) in [4.78, 5) is 0. The van der Waals surface area contributed by atoms with Crippen LogP contribution in [0, 0.1) is 5.82 Å². The average molecular weight is 338 g/mol. The highest BCUT2D eigenvalue weighted by Crippen LogP contribution is 2.38. The van der Waals surface area contributed by atoms with Crippen LogP contribution in [0.4, 0.5) is 4.39 Å². The largest absolute Gasteiger partial charge is 0.497 e. The number of benzene rings is 3. The molecule has 0 aliphatic carbocycles. The second kappa shape index (κ2) is 6.95. The maximum atomic E-state index is 14.3. The summed E-state index contributed by atoms with van der Waals surface area (Å²) in [5, 5.41) is 11.6. The van der Waals surface area contributed by atoms with E-state index in [4.69, 9.17) is 9.47 Å². The summed E-state index contributed by atoms with van der Waals surface area (Å²) in [6, 6.07) is 20.7. The Bertz CT molecular complexity index is 847. The third-order valence-corrected chi connectivity index (χ3v) is 4.27. The second-order valence-electron chi connectivity index (χ2n) is 5.65.